The van der Waals surface area contributed by atoms with Crippen molar-refractivity contribution < 1.29 is 49.3 Å². The molecule has 12 nitrogen and oxygen atoms in total. The molecule has 1 aromatic heterocycles. The van der Waals surface area contributed by atoms with Gasteiger partial charge in [-0.25, -0.2) is 9.78 Å². The lowest BCUT2D eigenvalue weighted by molar-refractivity contribution is -0.365. The number of amides is 1. The number of carbonyl (C=O) groups excluding carboxylic acids is 1. The normalized spacial score (nSPS) is 29.4. The molecule has 12 heteroatoms. The van der Waals surface area contributed by atoms with Gasteiger partial charge in [-0.1, -0.05) is 0 Å². The first kappa shape index (κ1) is 28.9. The first-order chi connectivity index (χ1) is 19.1. The summed E-state index contributed by atoms with van der Waals surface area (Å²) >= 11 is 0. The highest BCUT2D eigenvalue weighted by atomic mass is 17.2. The van der Waals surface area contributed by atoms with Gasteiger partial charge in [-0.3, -0.25) is 9.59 Å². The van der Waals surface area contributed by atoms with Gasteiger partial charge in [0, 0.05) is 31.5 Å². The Balaban J connectivity index is 1.39. The molecule has 0 bridgehead atoms. The average Bonchev–Trinajstić information content (AvgIpc) is 3.37. The number of aryl methyl sites for hydroxylation is 1. The van der Waals surface area contributed by atoms with Crippen LogP contribution < -0.4 is 15.5 Å². The minimum atomic E-state index is -1.79. The zero-order chi connectivity index (χ0) is 28.6. The maximum Gasteiger partial charge on any atom is 0.220 e. The van der Waals surface area contributed by atoms with Crippen LogP contribution in [-0.2, 0) is 21.0 Å². The molecule has 0 radical (unpaired) electrons. The van der Waals surface area contributed by atoms with Gasteiger partial charge >= 0.3 is 0 Å². The number of nitrogens with one attached hydrogen (secondary N) is 1. The van der Waals surface area contributed by atoms with Crippen molar-refractivity contribution in [1.82, 2.24) is 5.32 Å². The van der Waals surface area contributed by atoms with Crippen LogP contribution in [0.2, 0.25) is 0 Å². The second-order valence-electron chi connectivity index (χ2n) is 11.3. The van der Waals surface area contributed by atoms with Gasteiger partial charge in [0.05, 0.1) is 12.0 Å². The molecule has 1 amide bonds. The van der Waals surface area contributed by atoms with E-state index in [0.717, 1.165) is 18.4 Å². The van der Waals surface area contributed by atoms with Gasteiger partial charge in [-0.2, -0.15) is 0 Å². The summed E-state index contributed by atoms with van der Waals surface area (Å²) in [5, 5.41) is 52.2. The first-order valence-electron chi connectivity index (χ1n) is 13.7. The van der Waals surface area contributed by atoms with Gasteiger partial charge in [0.2, 0.25) is 5.91 Å². The van der Waals surface area contributed by atoms with Crippen LogP contribution in [0.3, 0.4) is 0 Å². The van der Waals surface area contributed by atoms with E-state index in [1.165, 1.54) is 6.07 Å². The number of aliphatic hydroxyl groups is 5. The standard InChI is InChI=1S/C28H37NO11/c1-14-5-19(31)18-6-16-7-24(40-37-13-21(33)27(36)26(35)20(32)12-30)28(39-22(16)9-23(18)38-14)4-2-3-15(10-28)17-8-25(34)29-11-17/h5-6,9,15,17,20-21,24,26-27,30,32-33,35-36H,2-4,7-8,10-13H2,1H3,(H,29,34)/t15-,17+,20-,21+,24-,26-,27-,28+/m1/s1. The van der Waals surface area contributed by atoms with E-state index < -0.39 is 49.3 Å². The van der Waals surface area contributed by atoms with E-state index in [0.29, 0.717) is 54.7 Å². The highest BCUT2D eigenvalue weighted by Gasteiger charge is 2.51. The molecule has 5 rings (SSSR count). The van der Waals surface area contributed by atoms with Gasteiger partial charge in [0.25, 0.3) is 0 Å². The number of rotatable bonds is 9. The molecule has 1 saturated carbocycles. The highest BCUT2D eigenvalue weighted by molar-refractivity contribution is 5.80. The van der Waals surface area contributed by atoms with Crippen molar-refractivity contribution in [3.8, 4) is 5.75 Å². The highest BCUT2D eigenvalue weighted by Crippen LogP contribution is 2.48. The van der Waals surface area contributed by atoms with Crippen molar-refractivity contribution >= 4 is 16.9 Å². The number of hydrogen-bond donors (Lipinski definition) is 6. The fourth-order valence-electron chi connectivity index (χ4n) is 6.31. The Hall–Kier alpha value is -2.58. The van der Waals surface area contributed by atoms with Crippen LogP contribution in [0.1, 0.15) is 43.4 Å². The summed E-state index contributed by atoms with van der Waals surface area (Å²) in [7, 11) is 0. The molecule has 2 aromatic rings. The zero-order valence-electron chi connectivity index (χ0n) is 22.3. The van der Waals surface area contributed by atoms with Gasteiger partial charge in [0.1, 0.15) is 59.8 Å². The Bertz CT molecular complexity index is 1280. The van der Waals surface area contributed by atoms with Gasteiger partial charge < -0.3 is 40.0 Å². The predicted octanol–water partition coefficient (Wildman–Crippen LogP) is -0.146. The summed E-state index contributed by atoms with van der Waals surface area (Å²) in [6.07, 6.45) is -3.67. The van der Waals surface area contributed by atoms with E-state index in [-0.39, 0.29) is 23.2 Å². The zero-order valence-corrected chi connectivity index (χ0v) is 22.3. The summed E-state index contributed by atoms with van der Waals surface area (Å²) in [5.41, 5.74) is 0.153. The summed E-state index contributed by atoms with van der Waals surface area (Å²) in [6.45, 7) is 1.00. The van der Waals surface area contributed by atoms with Crippen molar-refractivity contribution in [1.29, 1.82) is 0 Å². The summed E-state index contributed by atoms with van der Waals surface area (Å²) in [6, 6.07) is 4.88. The van der Waals surface area contributed by atoms with Crippen LogP contribution in [0.4, 0.5) is 0 Å². The largest absolute Gasteiger partial charge is 0.484 e. The van der Waals surface area contributed by atoms with E-state index in [4.69, 9.17) is 24.0 Å². The third-order valence-electron chi connectivity index (χ3n) is 8.55. The van der Waals surface area contributed by atoms with Gasteiger partial charge in [-0.05, 0) is 56.1 Å². The molecule has 1 spiro atoms. The number of ether oxygens (including phenoxy) is 1. The predicted molar refractivity (Wildman–Crippen MR) is 139 cm³/mol. The Morgan fingerprint density at radius 3 is 2.58 bits per heavy atom. The molecule has 0 unspecified atom stereocenters. The lowest BCUT2D eigenvalue weighted by Gasteiger charge is -2.48. The minimum Gasteiger partial charge on any atom is -0.484 e. The SMILES string of the molecule is Cc1cc(=O)c2cc3c(cc2o1)O[C@]1(CCC[C@@H]([C@@H]2CNC(=O)C2)C1)[C@H](OOC[C@H](O)[C@@H](O)[C@H](O)[C@H](O)CO)C3. The van der Waals surface area contributed by atoms with Crippen molar-refractivity contribution in [2.24, 2.45) is 11.8 Å². The molecule has 1 saturated heterocycles. The molecule has 40 heavy (non-hydrogen) atoms. The van der Waals surface area contributed by atoms with E-state index in [9.17, 15) is 30.0 Å². The lowest BCUT2D eigenvalue weighted by Crippen LogP contribution is -2.56. The third-order valence-corrected chi connectivity index (χ3v) is 8.55. The van der Waals surface area contributed by atoms with Crippen molar-refractivity contribution in [2.75, 3.05) is 19.8 Å². The summed E-state index contributed by atoms with van der Waals surface area (Å²) in [5.74, 6) is 1.48. The molecule has 8 atom stereocenters. The number of carbonyl (C=O) groups is 1. The molecule has 2 fully saturated rings. The van der Waals surface area contributed by atoms with Gasteiger partial charge in [0.15, 0.2) is 5.43 Å². The average molecular weight is 564 g/mol. The Labute approximate surface area is 230 Å². The molecule has 220 valence electrons. The Kier molecular flexibility index (Phi) is 8.48. The Morgan fingerprint density at radius 1 is 1.07 bits per heavy atom. The third kappa shape index (κ3) is 5.75. The van der Waals surface area contributed by atoms with Crippen LogP contribution in [0.25, 0.3) is 11.0 Å². The smallest absolute Gasteiger partial charge is 0.220 e. The maximum atomic E-state index is 12.6. The number of aliphatic hydroxyl groups excluding tert-OH is 5. The number of hydrogen-bond acceptors (Lipinski definition) is 11. The van der Waals surface area contributed by atoms with Crippen LogP contribution in [0.5, 0.6) is 5.75 Å². The van der Waals surface area contributed by atoms with Crippen LogP contribution in [0, 0.1) is 18.8 Å². The van der Waals surface area contributed by atoms with Crippen LogP contribution in [0.15, 0.2) is 27.4 Å². The van der Waals surface area contributed by atoms with E-state index >= 15 is 0 Å². The van der Waals surface area contributed by atoms with Crippen LogP contribution in [-0.4, -0.2) is 87.3 Å². The summed E-state index contributed by atoms with van der Waals surface area (Å²) in [4.78, 5) is 35.8. The monoisotopic (exact) mass is 563 g/mol. The fraction of sp³-hybridized carbons (Fsp3) is 0.643. The topological polar surface area (TPSA) is 188 Å². The second kappa shape index (κ2) is 11.7. The van der Waals surface area contributed by atoms with Crippen molar-refractivity contribution in [3.63, 3.8) is 0 Å². The van der Waals surface area contributed by atoms with Crippen molar-refractivity contribution in [2.45, 2.75) is 81.6 Å². The molecule has 1 aliphatic carbocycles. The Morgan fingerprint density at radius 2 is 1.85 bits per heavy atom. The van der Waals surface area contributed by atoms with Gasteiger partial charge in [-0.15, -0.1) is 0 Å². The van der Waals surface area contributed by atoms with E-state index in [2.05, 4.69) is 5.32 Å². The fourth-order valence-corrected chi connectivity index (χ4v) is 6.31. The number of fused-ring (bicyclic) bond motifs is 2. The lowest BCUT2D eigenvalue weighted by atomic mass is 9.68. The molecular weight excluding hydrogens is 526 g/mol. The molecule has 6 N–H and O–H groups in total. The number of benzene rings is 1. The first-order valence-corrected chi connectivity index (χ1v) is 13.7. The van der Waals surface area contributed by atoms with E-state index in [1.807, 2.05) is 0 Å². The summed E-state index contributed by atoms with van der Waals surface area (Å²) < 4.78 is 12.5. The maximum absolute atomic E-state index is 12.6. The second-order valence-corrected chi connectivity index (χ2v) is 11.3. The molecule has 3 heterocycles. The van der Waals surface area contributed by atoms with E-state index in [1.54, 1.807) is 19.1 Å². The molecule has 1 aromatic carbocycles. The van der Waals surface area contributed by atoms with Crippen LogP contribution >= 0.6 is 0 Å². The molecule has 2 aliphatic heterocycles. The quantitative estimate of drug-likeness (QED) is 0.176. The van der Waals surface area contributed by atoms with Crippen molar-refractivity contribution in [3.05, 3.63) is 39.7 Å². The minimum absolute atomic E-state index is 0.0357. The molecule has 3 aliphatic rings. The molecular formula is C28H37NO11.